The highest BCUT2D eigenvalue weighted by Crippen LogP contribution is 2.26. The van der Waals surface area contributed by atoms with E-state index in [1.807, 2.05) is 4.90 Å². The van der Waals surface area contributed by atoms with Crippen LogP contribution in [-0.2, 0) is 18.4 Å². The number of rotatable bonds is 4. The van der Waals surface area contributed by atoms with Crippen LogP contribution in [0.5, 0.6) is 0 Å². The minimum Gasteiger partial charge on any atom is -0.369 e. The number of carbonyl (C=O) groups excluding carboxylic acids is 1. The van der Waals surface area contributed by atoms with Crippen LogP contribution >= 0.6 is 0 Å². The molecule has 10 heteroatoms. The quantitative estimate of drug-likeness (QED) is 0.653. The van der Waals surface area contributed by atoms with Crippen molar-refractivity contribution in [1.82, 2.24) is 19.1 Å². The third-order valence-electron chi connectivity index (χ3n) is 5.45. The second kappa shape index (κ2) is 7.19. The molecule has 0 unspecified atom stereocenters. The van der Waals surface area contributed by atoms with Crippen LogP contribution in [0.1, 0.15) is 18.4 Å². The molecule has 0 spiro atoms. The van der Waals surface area contributed by atoms with Crippen molar-refractivity contribution in [2.75, 3.05) is 18.0 Å². The number of amides is 1. The zero-order valence-corrected chi connectivity index (χ0v) is 15.9. The van der Waals surface area contributed by atoms with Gasteiger partial charge in [0.05, 0.1) is 6.54 Å². The maximum Gasteiger partial charge on any atom is 0.329 e. The molecule has 1 aromatic carbocycles. The third kappa shape index (κ3) is 3.30. The number of benzene rings is 1. The second-order valence-electron chi connectivity index (χ2n) is 7.24. The van der Waals surface area contributed by atoms with Gasteiger partial charge in [-0.05, 0) is 18.9 Å². The Morgan fingerprint density at radius 2 is 1.97 bits per heavy atom. The topological polar surface area (TPSA) is 119 Å². The third-order valence-corrected chi connectivity index (χ3v) is 5.45. The van der Waals surface area contributed by atoms with E-state index in [0.29, 0.717) is 37.4 Å². The van der Waals surface area contributed by atoms with Crippen LogP contribution in [-0.4, -0.2) is 38.1 Å². The first-order chi connectivity index (χ1) is 13.9. The predicted molar refractivity (Wildman–Crippen MR) is 105 cm³/mol. The predicted octanol–water partition coefficient (Wildman–Crippen LogP) is 0.312. The SMILES string of the molecule is Cn1c(=O)[nH]c(=O)c2c1nc(N1CCC(C(N)=O)CC1)n2Cc1ccccc1F. The van der Waals surface area contributed by atoms with Gasteiger partial charge in [0, 0.05) is 31.6 Å². The van der Waals surface area contributed by atoms with E-state index >= 15 is 0 Å². The van der Waals surface area contributed by atoms with Gasteiger partial charge in [-0.2, -0.15) is 4.98 Å². The minimum atomic E-state index is -0.579. The normalized spacial score (nSPS) is 15.2. The van der Waals surface area contributed by atoms with Gasteiger partial charge in [-0.1, -0.05) is 18.2 Å². The van der Waals surface area contributed by atoms with Gasteiger partial charge in [-0.25, -0.2) is 9.18 Å². The Balaban J connectivity index is 1.85. The summed E-state index contributed by atoms with van der Waals surface area (Å²) in [7, 11) is 1.52. The van der Waals surface area contributed by atoms with Gasteiger partial charge in [-0.15, -0.1) is 0 Å². The Morgan fingerprint density at radius 1 is 1.28 bits per heavy atom. The van der Waals surface area contributed by atoms with Gasteiger partial charge in [-0.3, -0.25) is 23.7 Å². The summed E-state index contributed by atoms with van der Waals surface area (Å²) >= 11 is 0. The summed E-state index contributed by atoms with van der Waals surface area (Å²) in [5.74, 6) is -0.474. The van der Waals surface area contributed by atoms with Gasteiger partial charge in [0.2, 0.25) is 11.9 Å². The van der Waals surface area contributed by atoms with Crippen LogP contribution < -0.4 is 21.9 Å². The van der Waals surface area contributed by atoms with Crippen molar-refractivity contribution >= 4 is 23.0 Å². The minimum absolute atomic E-state index is 0.0789. The van der Waals surface area contributed by atoms with E-state index in [0.717, 1.165) is 0 Å². The molecule has 152 valence electrons. The molecular formula is C19H21FN6O3. The van der Waals surface area contributed by atoms with Gasteiger partial charge >= 0.3 is 5.69 Å². The Kier molecular flexibility index (Phi) is 4.69. The highest BCUT2D eigenvalue weighted by molar-refractivity contribution is 5.77. The Labute approximate surface area is 164 Å². The number of piperidine rings is 1. The van der Waals surface area contributed by atoms with Crippen LogP contribution in [0.4, 0.5) is 10.3 Å². The van der Waals surface area contributed by atoms with Crippen molar-refractivity contribution in [2.45, 2.75) is 19.4 Å². The largest absolute Gasteiger partial charge is 0.369 e. The summed E-state index contributed by atoms with van der Waals surface area (Å²) in [6.45, 7) is 1.11. The maximum atomic E-state index is 14.3. The number of hydrogen-bond donors (Lipinski definition) is 2. The van der Waals surface area contributed by atoms with Gasteiger partial charge in [0.1, 0.15) is 5.82 Å². The number of anilines is 1. The molecule has 1 saturated heterocycles. The highest BCUT2D eigenvalue weighted by atomic mass is 19.1. The molecule has 4 rings (SSSR count). The lowest BCUT2D eigenvalue weighted by Gasteiger charge is -2.31. The lowest BCUT2D eigenvalue weighted by Crippen LogP contribution is -2.39. The Morgan fingerprint density at radius 3 is 2.62 bits per heavy atom. The van der Waals surface area contributed by atoms with Crippen LogP contribution in [0.15, 0.2) is 33.9 Å². The number of nitrogens with one attached hydrogen (secondary N) is 1. The van der Waals surface area contributed by atoms with Gasteiger partial charge < -0.3 is 10.6 Å². The smallest absolute Gasteiger partial charge is 0.329 e. The van der Waals surface area contributed by atoms with Crippen molar-refractivity contribution < 1.29 is 9.18 Å². The lowest BCUT2D eigenvalue weighted by molar-refractivity contribution is -0.122. The average molecular weight is 400 g/mol. The summed E-state index contributed by atoms with van der Waals surface area (Å²) in [4.78, 5) is 44.8. The summed E-state index contributed by atoms with van der Waals surface area (Å²) in [6, 6.07) is 6.30. The molecule has 0 radical (unpaired) electrons. The zero-order chi connectivity index (χ0) is 20.7. The van der Waals surface area contributed by atoms with E-state index in [9.17, 15) is 18.8 Å². The van der Waals surface area contributed by atoms with E-state index in [4.69, 9.17) is 5.73 Å². The molecule has 0 saturated carbocycles. The number of aromatic nitrogens is 4. The highest BCUT2D eigenvalue weighted by Gasteiger charge is 2.28. The van der Waals surface area contributed by atoms with Crippen molar-refractivity contribution in [3.8, 4) is 0 Å². The number of aromatic amines is 1. The first-order valence-electron chi connectivity index (χ1n) is 9.34. The van der Waals surface area contributed by atoms with E-state index < -0.39 is 17.1 Å². The van der Waals surface area contributed by atoms with Crippen LogP contribution in [0.25, 0.3) is 11.2 Å². The molecule has 0 bridgehead atoms. The van der Waals surface area contributed by atoms with E-state index in [-0.39, 0.29) is 29.5 Å². The molecule has 2 aromatic heterocycles. The number of aryl methyl sites for hydroxylation is 1. The number of hydrogen-bond acceptors (Lipinski definition) is 5. The zero-order valence-electron chi connectivity index (χ0n) is 15.9. The summed E-state index contributed by atoms with van der Waals surface area (Å²) in [6.07, 6.45) is 1.13. The summed E-state index contributed by atoms with van der Waals surface area (Å²) < 4.78 is 17.2. The number of nitrogens with zero attached hydrogens (tertiary/aromatic N) is 4. The fourth-order valence-corrected chi connectivity index (χ4v) is 3.78. The second-order valence-corrected chi connectivity index (χ2v) is 7.24. The van der Waals surface area contributed by atoms with Gasteiger partial charge in [0.25, 0.3) is 5.56 Å². The van der Waals surface area contributed by atoms with Crippen molar-refractivity contribution in [1.29, 1.82) is 0 Å². The molecule has 3 heterocycles. The number of carbonyl (C=O) groups is 1. The Hall–Kier alpha value is -3.43. The number of imidazole rings is 1. The number of primary amides is 1. The molecule has 3 N–H and O–H groups in total. The van der Waals surface area contributed by atoms with Crippen LogP contribution in [0.2, 0.25) is 0 Å². The standard InChI is InChI=1S/C19H21FN6O3/c1-24-16-14(17(28)23-19(24)29)26(10-12-4-2-3-5-13(12)20)18(22-16)25-8-6-11(7-9-25)15(21)27/h2-5,11H,6-10H2,1H3,(H2,21,27)(H,23,28,29). The number of H-pyrrole nitrogens is 1. The van der Waals surface area contributed by atoms with E-state index in [1.54, 1.807) is 22.8 Å². The summed E-state index contributed by atoms with van der Waals surface area (Å²) in [5, 5.41) is 0. The molecule has 1 aliphatic rings. The number of nitrogens with two attached hydrogens (primary N) is 1. The number of halogens is 1. The molecule has 9 nitrogen and oxygen atoms in total. The first-order valence-corrected chi connectivity index (χ1v) is 9.34. The molecule has 0 aliphatic carbocycles. The van der Waals surface area contributed by atoms with E-state index in [2.05, 4.69) is 9.97 Å². The molecule has 0 atom stereocenters. The van der Waals surface area contributed by atoms with Crippen molar-refractivity contribution in [3.63, 3.8) is 0 Å². The fraction of sp³-hybridized carbons (Fsp3) is 0.368. The fourth-order valence-electron chi connectivity index (χ4n) is 3.78. The molecule has 1 amide bonds. The molecule has 3 aromatic rings. The van der Waals surface area contributed by atoms with Crippen LogP contribution in [0, 0.1) is 11.7 Å². The maximum absolute atomic E-state index is 14.3. The molecule has 29 heavy (non-hydrogen) atoms. The monoisotopic (exact) mass is 400 g/mol. The molecule has 1 fully saturated rings. The van der Waals surface area contributed by atoms with Crippen LogP contribution in [0.3, 0.4) is 0 Å². The molecule has 1 aliphatic heterocycles. The Bertz CT molecular complexity index is 1200. The number of fused-ring (bicyclic) bond motifs is 1. The van der Waals surface area contributed by atoms with Crippen molar-refractivity contribution in [3.05, 3.63) is 56.5 Å². The lowest BCUT2D eigenvalue weighted by atomic mass is 9.96. The first kappa shape index (κ1) is 18.9. The van der Waals surface area contributed by atoms with Gasteiger partial charge in [0.15, 0.2) is 11.2 Å². The average Bonchev–Trinajstić information content (AvgIpc) is 3.08. The van der Waals surface area contributed by atoms with E-state index in [1.165, 1.54) is 17.7 Å². The summed E-state index contributed by atoms with van der Waals surface area (Å²) in [5.41, 5.74) is 5.08. The molecular weight excluding hydrogens is 379 g/mol. The van der Waals surface area contributed by atoms with Crippen molar-refractivity contribution in [2.24, 2.45) is 18.7 Å².